The van der Waals surface area contributed by atoms with Crippen molar-refractivity contribution in [2.24, 2.45) is 5.73 Å². The summed E-state index contributed by atoms with van der Waals surface area (Å²) in [4.78, 5) is 19.3. The lowest BCUT2D eigenvalue weighted by atomic mass is 9.86. The maximum Gasteiger partial charge on any atom is 0.324 e. The Bertz CT molecular complexity index is 502. The number of nitrogens with zero attached hydrogens (tertiary/aromatic N) is 2. The van der Waals surface area contributed by atoms with Crippen LogP contribution >= 0.6 is 0 Å². The summed E-state index contributed by atoms with van der Waals surface area (Å²) in [6, 6.07) is 7.10. The van der Waals surface area contributed by atoms with Crippen LogP contribution in [-0.2, 0) is 17.6 Å². The van der Waals surface area contributed by atoms with Gasteiger partial charge in [-0.2, -0.15) is 0 Å². The van der Waals surface area contributed by atoms with Gasteiger partial charge in [-0.3, -0.25) is 14.8 Å². The van der Waals surface area contributed by atoms with Crippen LogP contribution in [-0.4, -0.2) is 26.6 Å². The molecule has 98 valence electrons. The minimum absolute atomic E-state index is 0.257. The monoisotopic (exact) mass is 257 g/mol. The first-order valence-electron chi connectivity index (χ1n) is 5.90. The Labute approximate surface area is 111 Å². The highest BCUT2D eigenvalue weighted by Gasteiger charge is 2.34. The summed E-state index contributed by atoms with van der Waals surface area (Å²) in [5.41, 5.74) is 6.44. The van der Waals surface area contributed by atoms with Crippen LogP contribution in [0.5, 0.6) is 0 Å². The third-order valence-electron chi connectivity index (χ3n) is 2.96. The quantitative estimate of drug-likeness (QED) is 0.835. The molecule has 0 unspecified atom stereocenters. The summed E-state index contributed by atoms with van der Waals surface area (Å²) in [5, 5.41) is 9.40. The van der Waals surface area contributed by atoms with Crippen LogP contribution < -0.4 is 5.73 Å². The van der Waals surface area contributed by atoms with Crippen LogP contribution in [0.4, 0.5) is 0 Å². The maximum atomic E-state index is 11.5. The van der Waals surface area contributed by atoms with Gasteiger partial charge < -0.3 is 10.8 Å². The lowest BCUT2D eigenvalue weighted by molar-refractivity contribution is -0.143. The van der Waals surface area contributed by atoms with E-state index in [1.807, 2.05) is 0 Å². The zero-order chi connectivity index (χ0) is 13.7. The zero-order valence-corrected chi connectivity index (χ0v) is 10.4. The van der Waals surface area contributed by atoms with E-state index in [1.165, 1.54) is 0 Å². The molecule has 2 aromatic heterocycles. The molecule has 2 aromatic rings. The number of pyridine rings is 2. The van der Waals surface area contributed by atoms with E-state index in [9.17, 15) is 9.90 Å². The van der Waals surface area contributed by atoms with E-state index in [2.05, 4.69) is 9.97 Å². The smallest absolute Gasteiger partial charge is 0.324 e. The lowest BCUT2D eigenvalue weighted by Gasteiger charge is -2.24. The van der Waals surface area contributed by atoms with Gasteiger partial charge in [-0.1, -0.05) is 0 Å². The number of aliphatic carboxylic acids is 1. The molecule has 0 saturated carbocycles. The SMILES string of the molecule is NC(Cc1ccncc1)(Cc1ccncc1)C(=O)O. The fraction of sp³-hybridized carbons (Fsp3) is 0.214. The number of carbonyl (C=O) groups is 1. The van der Waals surface area contributed by atoms with Crippen LogP contribution in [0.1, 0.15) is 11.1 Å². The first-order chi connectivity index (χ1) is 9.10. The van der Waals surface area contributed by atoms with Crippen LogP contribution in [0, 0.1) is 0 Å². The molecular weight excluding hydrogens is 242 g/mol. The largest absolute Gasteiger partial charge is 0.480 e. The predicted molar refractivity (Wildman–Crippen MR) is 70.4 cm³/mol. The zero-order valence-electron chi connectivity index (χ0n) is 10.4. The molecule has 0 fully saturated rings. The normalized spacial score (nSPS) is 11.2. The number of hydrogen-bond acceptors (Lipinski definition) is 4. The molecule has 0 aliphatic carbocycles. The highest BCUT2D eigenvalue weighted by atomic mass is 16.4. The molecule has 2 rings (SSSR count). The van der Waals surface area contributed by atoms with Crippen molar-refractivity contribution < 1.29 is 9.90 Å². The van der Waals surface area contributed by atoms with E-state index < -0.39 is 11.5 Å². The Kier molecular flexibility index (Phi) is 3.87. The summed E-state index contributed by atoms with van der Waals surface area (Å²) in [6.07, 6.45) is 7.03. The van der Waals surface area contributed by atoms with E-state index in [0.29, 0.717) is 0 Å². The highest BCUT2D eigenvalue weighted by molar-refractivity contribution is 5.79. The van der Waals surface area contributed by atoms with Crippen molar-refractivity contribution in [1.82, 2.24) is 9.97 Å². The second-order valence-electron chi connectivity index (χ2n) is 4.53. The second-order valence-corrected chi connectivity index (χ2v) is 4.53. The molecule has 0 bridgehead atoms. The second kappa shape index (κ2) is 5.58. The summed E-state index contributed by atoms with van der Waals surface area (Å²) < 4.78 is 0. The first-order valence-corrected chi connectivity index (χ1v) is 5.90. The maximum absolute atomic E-state index is 11.5. The van der Waals surface area contributed by atoms with E-state index in [0.717, 1.165) is 11.1 Å². The summed E-state index contributed by atoms with van der Waals surface area (Å²) >= 11 is 0. The Morgan fingerprint density at radius 3 is 1.68 bits per heavy atom. The number of rotatable bonds is 5. The van der Waals surface area contributed by atoms with Gasteiger partial charge in [0.1, 0.15) is 5.54 Å². The number of nitrogens with two attached hydrogens (primary N) is 1. The van der Waals surface area contributed by atoms with Gasteiger partial charge in [0, 0.05) is 37.6 Å². The van der Waals surface area contributed by atoms with Gasteiger partial charge in [0.05, 0.1) is 0 Å². The molecule has 0 saturated heterocycles. The molecule has 2 heterocycles. The number of aromatic nitrogens is 2. The molecule has 0 spiro atoms. The van der Waals surface area contributed by atoms with Crippen molar-refractivity contribution in [3.63, 3.8) is 0 Å². The summed E-state index contributed by atoms with van der Waals surface area (Å²) in [7, 11) is 0. The van der Waals surface area contributed by atoms with Crippen LogP contribution in [0.3, 0.4) is 0 Å². The molecule has 5 nitrogen and oxygen atoms in total. The van der Waals surface area contributed by atoms with Crippen molar-refractivity contribution in [2.45, 2.75) is 18.4 Å². The average molecular weight is 257 g/mol. The number of carboxylic acid groups (broad SMARTS) is 1. The summed E-state index contributed by atoms with van der Waals surface area (Å²) in [5.74, 6) is -1.01. The topological polar surface area (TPSA) is 89.1 Å². The van der Waals surface area contributed by atoms with Gasteiger partial charge in [0.25, 0.3) is 0 Å². The van der Waals surface area contributed by atoms with E-state index in [-0.39, 0.29) is 12.8 Å². The highest BCUT2D eigenvalue weighted by Crippen LogP contribution is 2.17. The molecule has 0 atom stereocenters. The Morgan fingerprint density at radius 1 is 1.00 bits per heavy atom. The fourth-order valence-corrected chi connectivity index (χ4v) is 1.94. The van der Waals surface area contributed by atoms with Gasteiger partial charge in [-0.15, -0.1) is 0 Å². The Balaban J connectivity index is 2.21. The van der Waals surface area contributed by atoms with E-state index in [4.69, 9.17) is 5.73 Å². The minimum Gasteiger partial charge on any atom is -0.480 e. The van der Waals surface area contributed by atoms with Crippen molar-refractivity contribution in [3.8, 4) is 0 Å². The van der Waals surface area contributed by atoms with Gasteiger partial charge in [0.2, 0.25) is 0 Å². The predicted octanol–water partition coefficient (Wildman–Crippen LogP) is 1.04. The molecule has 0 aromatic carbocycles. The van der Waals surface area contributed by atoms with Crippen LogP contribution in [0.25, 0.3) is 0 Å². The standard InChI is InChI=1S/C14H15N3O2/c15-14(13(18)19,9-11-1-5-16-6-2-11)10-12-3-7-17-8-4-12/h1-8H,9-10,15H2,(H,18,19). The van der Waals surface area contributed by atoms with Crippen LogP contribution in [0.2, 0.25) is 0 Å². The van der Waals surface area contributed by atoms with Gasteiger partial charge in [0.15, 0.2) is 0 Å². The number of hydrogen-bond donors (Lipinski definition) is 2. The van der Waals surface area contributed by atoms with Crippen molar-refractivity contribution in [2.75, 3.05) is 0 Å². The molecule has 0 radical (unpaired) electrons. The Morgan fingerprint density at radius 2 is 1.37 bits per heavy atom. The van der Waals surface area contributed by atoms with Crippen molar-refractivity contribution >= 4 is 5.97 Å². The number of carboxylic acids is 1. The third kappa shape index (κ3) is 3.35. The van der Waals surface area contributed by atoms with Gasteiger partial charge >= 0.3 is 5.97 Å². The average Bonchev–Trinajstić information content (AvgIpc) is 2.40. The molecule has 3 N–H and O–H groups in total. The van der Waals surface area contributed by atoms with Gasteiger partial charge in [-0.05, 0) is 35.4 Å². The molecular formula is C14H15N3O2. The molecule has 5 heteroatoms. The molecule has 0 amide bonds. The molecule has 19 heavy (non-hydrogen) atoms. The van der Waals surface area contributed by atoms with Gasteiger partial charge in [-0.25, -0.2) is 0 Å². The lowest BCUT2D eigenvalue weighted by Crippen LogP contribution is -2.51. The molecule has 0 aliphatic rings. The van der Waals surface area contributed by atoms with E-state index in [1.54, 1.807) is 49.1 Å². The fourth-order valence-electron chi connectivity index (χ4n) is 1.94. The summed E-state index contributed by atoms with van der Waals surface area (Å²) in [6.45, 7) is 0. The van der Waals surface area contributed by atoms with Crippen molar-refractivity contribution in [3.05, 3.63) is 60.2 Å². The minimum atomic E-state index is -1.33. The van der Waals surface area contributed by atoms with Crippen LogP contribution in [0.15, 0.2) is 49.1 Å². The first kappa shape index (κ1) is 13.2. The third-order valence-corrected chi connectivity index (χ3v) is 2.96. The molecule has 0 aliphatic heterocycles. The van der Waals surface area contributed by atoms with E-state index >= 15 is 0 Å². The Hall–Kier alpha value is -2.27. The van der Waals surface area contributed by atoms with Crippen molar-refractivity contribution in [1.29, 1.82) is 0 Å².